The highest BCUT2D eigenvalue weighted by atomic mass is 35.5. The molecule has 2 saturated heterocycles. The largest absolute Gasteiger partial charge is 0.317 e. The van der Waals surface area contributed by atoms with Gasteiger partial charge in [0.15, 0.2) is 0 Å². The van der Waals surface area contributed by atoms with Gasteiger partial charge in [-0.25, -0.2) is 8.78 Å². The first-order chi connectivity index (χ1) is 10.1. The zero-order chi connectivity index (χ0) is 14.7. The summed E-state index contributed by atoms with van der Waals surface area (Å²) in [5, 5.41) is 3.39. The lowest BCUT2D eigenvalue weighted by Crippen LogP contribution is -2.38. The van der Waals surface area contributed by atoms with Gasteiger partial charge in [-0.1, -0.05) is 24.3 Å². The number of rotatable bonds is 3. The van der Waals surface area contributed by atoms with Gasteiger partial charge in [-0.2, -0.15) is 0 Å². The van der Waals surface area contributed by atoms with Crippen molar-refractivity contribution in [2.75, 3.05) is 26.2 Å². The Morgan fingerprint density at radius 2 is 1.57 bits per heavy atom. The lowest BCUT2D eigenvalue weighted by atomic mass is 9.90. The van der Waals surface area contributed by atoms with Crippen LogP contribution < -0.4 is 5.32 Å². The van der Waals surface area contributed by atoms with E-state index in [1.54, 1.807) is 0 Å². The normalized spacial score (nSPS) is 22.0. The molecule has 0 amide bonds. The molecule has 0 atom stereocenters. The van der Waals surface area contributed by atoms with Crippen LogP contribution in [-0.2, 0) is 6.54 Å². The minimum atomic E-state index is -2.45. The molecule has 3 rings (SSSR count). The Morgan fingerprint density at radius 3 is 2.13 bits per heavy atom. The van der Waals surface area contributed by atoms with E-state index in [2.05, 4.69) is 34.5 Å². The molecule has 23 heavy (non-hydrogen) atoms. The van der Waals surface area contributed by atoms with Crippen LogP contribution in [0.4, 0.5) is 8.78 Å². The number of piperidine rings is 2. The average molecular weight is 367 g/mol. The van der Waals surface area contributed by atoms with E-state index in [-0.39, 0.29) is 37.7 Å². The van der Waals surface area contributed by atoms with Gasteiger partial charge in [0.1, 0.15) is 0 Å². The predicted molar refractivity (Wildman–Crippen MR) is 95.2 cm³/mol. The molecule has 2 aliphatic heterocycles. The molecule has 2 aliphatic rings. The summed E-state index contributed by atoms with van der Waals surface area (Å²) in [6.45, 7) is 4.01. The van der Waals surface area contributed by atoms with Crippen molar-refractivity contribution in [2.45, 2.75) is 44.1 Å². The fourth-order valence-electron chi connectivity index (χ4n) is 3.35. The van der Waals surface area contributed by atoms with Crippen molar-refractivity contribution in [1.29, 1.82) is 0 Å². The standard InChI is InChI=1S/C17H24F2N2.2ClH/c18-17(19)7-11-21(12-8-17)13-14-1-3-15(4-2-14)16-5-9-20-10-6-16;;/h1-4,16,20H,5-13H2;2*1H. The summed E-state index contributed by atoms with van der Waals surface area (Å²) in [5.74, 6) is -1.77. The Hall–Kier alpha value is -0.420. The van der Waals surface area contributed by atoms with E-state index >= 15 is 0 Å². The van der Waals surface area contributed by atoms with Gasteiger partial charge in [-0.3, -0.25) is 4.90 Å². The van der Waals surface area contributed by atoms with Crippen LogP contribution in [0.2, 0.25) is 0 Å². The topological polar surface area (TPSA) is 15.3 Å². The van der Waals surface area contributed by atoms with Gasteiger partial charge in [0.05, 0.1) is 0 Å². The van der Waals surface area contributed by atoms with Crippen LogP contribution in [-0.4, -0.2) is 37.0 Å². The zero-order valence-corrected chi connectivity index (χ0v) is 14.9. The highest BCUT2D eigenvalue weighted by Crippen LogP contribution is 2.29. The summed E-state index contributed by atoms with van der Waals surface area (Å²) >= 11 is 0. The lowest BCUT2D eigenvalue weighted by Gasteiger charge is -2.31. The first-order valence-corrected chi connectivity index (χ1v) is 8.02. The first kappa shape index (κ1) is 20.6. The molecule has 0 aliphatic carbocycles. The van der Waals surface area contributed by atoms with Gasteiger partial charge >= 0.3 is 0 Å². The molecule has 132 valence electrons. The third kappa shape index (κ3) is 5.86. The number of hydrogen-bond donors (Lipinski definition) is 1. The van der Waals surface area contributed by atoms with Gasteiger partial charge in [0, 0.05) is 32.5 Å². The fourth-order valence-corrected chi connectivity index (χ4v) is 3.35. The Labute approximate surface area is 149 Å². The Morgan fingerprint density at radius 1 is 1.00 bits per heavy atom. The summed E-state index contributed by atoms with van der Waals surface area (Å²) in [6, 6.07) is 8.79. The maximum Gasteiger partial charge on any atom is 0.250 e. The van der Waals surface area contributed by atoms with Crippen LogP contribution in [0.25, 0.3) is 0 Å². The molecule has 2 nitrogen and oxygen atoms in total. The van der Waals surface area contributed by atoms with E-state index in [4.69, 9.17) is 0 Å². The van der Waals surface area contributed by atoms with Gasteiger partial charge < -0.3 is 5.32 Å². The molecule has 0 unspecified atom stereocenters. The van der Waals surface area contributed by atoms with Crippen LogP contribution in [0.3, 0.4) is 0 Å². The molecule has 6 heteroatoms. The first-order valence-electron chi connectivity index (χ1n) is 8.02. The number of likely N-dealkylation sites (tertiary alicyclic amines) is 1. The molecule has 0 saturated carbocycles. The number of nitrogens with zero attached hydrogens (tertiary/aromatic N) is 1. The molecule has 1 N–H and O–H groups in total. The van der Waals surface area contributed by atoms with E-state index in [1.165, 1.54) is 24.0 Å². The maximum atomic E-state index is 13.1. The molecule has 2 heterocycles. The highest BCUT2D eigenvalue weighted by Gasteiger charge is 2.33. The third-order valence-electron chi connectivity index (χ3n) is 4.78. The summed E-state index contributed by atoms with van der Waals surface area (Å²) in [6.07, 6.45) is 2.42. The van der Waals surface area contributed by atoms with Gasteiger partial charge in [0.2, 0.25) is 0 Å². The molecule has 0 aromatic heterocycles. The summed E-state index contributed by atoms with van der Waals surface area (Å²) in [4.78, 5) is 2.14. The number of halogens is 4. The molecular weight excluding hydrogens is 341 g/mol. The quantitative estimate of drug-likeness (QED) is 0.860. The minimum absolute atomic E-state index is 0. The van der Waals surface area contributed by atoms with Crippen molar-refractivity contribution in [3.05, 3.63) is 35.4 Å². The van der Waals surface area contributed by atoms with E-state index in [0.717, 1.165) is 19.6 Å². The molecule has 0 bridgehead atoms. The average Bonchev–Trinajstić information content (AvgIpc) is 2.51. The molecule has 2 fully saturated rings. The summed E-state index contributed by atoms with van der Waals surface area (Å²) in [5.41, 5.74) is 2.66. The monoisotopic (exact) mass is 366 g/mol. The smallest absolute Gasteiger partial charge is 0.250 e. The van der Waals surface area contributed by atoms with Crippen molar-refractivity contribution < 1.29 is 8.78 Å². The fraction of sp³-hybridized carbons (Fsp3) is 0.647. The Kier molecular flexibility index (Phi) is 8.22. The van der Waals surface area contributed by atoms with Crippen molar-refractivity contribution >= 4 is 24.8 Å². The van der Waals surface area contributed by atoms with E-state index in [9.17, 15) is 8.78 Å². The number of hydrogen-bond acceptors (Lipinski definition) is 2. The number of nitrogens with one attached hydrogen (secondary N) is 1. The SMILES string of the molecule is Cl.Cl.FC1(F)CCN(Cc2ccc(C3CCNCC3)cc2)CC1. The molecule has 1 aromatic rings. The van der Waals surface area contributed by atoms with Crippen LogP contribution in [0.5, 0.6) is 0 Å². The molecule has 0 radical (unpaired) electrons. The second-order valence-electron chi connectivity index (χ2n) is 6.40. The van der Waals surface area contributed by atoms with Crippen LogP contribution in [0.15, 0.2) is 24.3 Å². The third-order valence-corrected chi connectivity index (χ3v) is 4.78. The zero-order valence-electron chi connectivity index (χ0n) is 13.3. The number of benzene rings is 1. The second kappa shape index (κ2) is 9.16. The second-order valence-corrected chi connectivity index (χ2v) is 6.40. The minimum Gasteiger partial charge on any atom is -0.317 e. The van der Waals surface area contributed by atoms with E-state index < -0.39 is 5.92 Å². The molecular formula is C17H26Cl2F2N2. The summed E-state index contributed by atoms with van der Waals surface area (Å²) in [7, 11) is 0. The highest BCUT2D eigenvalue weighted by molar-refractivity contribution is 5.85. The van der Waals surface area contributed by atoms with Crippen molar-refractivity contribution in [1.82, 2.24) is 10.2 Å². The lowest BCUT2D eigenvalue weighted by molar-refractivity contribution is -0.0566. The van der Waals surface area contributed by atoms with Gasteiger partial charge in [-0.15, -0.1) is 24.8 Å². The molecule has 1 aromatic carbocycles. The van der Waals surface area contributed by atoms with Crippen molar-refractivity contribution in [3.8, 4) is 0 Å². The Bertz CT molecular complexity index is 452. The summed E-state index contributed by atoms with van der Waals surface area (Å²) < 4.78 is 26.3. The van der Waals surface area contributed by atoms with Crippen LogP contribution in [0, 0.1) is 0 Å². The maximum absolute atomic E-state index is 13.1. The van der Waals surface area contributed by atoms with Gasteiger partial charge in [-0.05, 0) is 43.0 Å². The van der Waals surface area contributed by atoms with Crippen molar-refractivity contribution in [3.63, 3.8) is 0 Å². The van der Waals surface area contributed by atoms with E-state index in [0.29, 0.717) is 19.0 Å². The predicted octanol–water partition coefficient (Wildman–Crippen LogP) is 4.23. The number of alkyl halides is 2. The van der Waals surface area contributed by atoms with Crippen molar-refractivity contribution in [2.24, 2.45) is 0 Å². The van der Waals surface area contributed by atoms with E-state index in [1.807, 2.05) is 0 Å². The van der Waals surface area contributed by atoms with Crippen LogP contribution in [0.1, 0.15) is 42.7 Å². The Balaban J connectivity index is 0.00000132. The van der Waals surface area contributed by atoms with Gasteiger partial charge in [0.25, 0.3) is 5.92 Å². The van der Waals surface area contributed by atoms with Crippen LogP contribution >= 0.6 is 24.8 Å². The molecule has 0 spiro atoms.